The Bertz CT molecular complexity index is 335. The minimum atomic E-state index is -0.217. The molecule has 0 aromatic carbocycles. The Morgan fingerprint density at radius 1 is 1.00 bits per heavy atom. The Balaban J connectivity index is 4.84. The Hall–Kier alpha value is -1.06. The van der Waals surface area contributed by atoms with E-state index in [-0.39, 0.29) is 22.8 Å². The molecule has 0 atom stereocenters. The van der Waals surface area contributed by atoms with Gasteiger partial charge >= 0.3 is 0 Å². The molecule has 0 N–H and O–H groups in total. The van der Waals surface area contributed by atoms with Gasteiger partial charge in [0.05, 0.1) is 0 Å². The van der Waals surface area contributed by atoms with E-state index >= 15 is 0 Å². The molecule has 0 aromatic rings. The van der Waals surface area contributed by atoms with Crippen LogP contribution in [0.25, 0.3) is 0 Å². The molecule has 0 bridgehead atoms. The van der Waals surface area contributed by atoms with Crippen LogP contribution in [0.1, 0.15) is 54.9 Å². The topological polar surface area (TPSA) is 40.6 Å². The number of rotatable bonds is 6. The van der Waals surface area contributed by atoms with Gasteiger partial charge in [0.15, 0.2) is 0 Å². The van der Waals surface area contributed by atoms with Gasteiger partial charge in [-0.15, -0.1) is 0 Å². The lowest BCUT2D eigenvalue weighted by Gasteiger charge is -2.42. The van der Waals surface area contributed by atoms with Crippen molar-refractivity contribution < 1.29 is 9.59 Å². The third-order valence-electron chi connectivity index (χ3n) is 3.74. The largest absolute Gasteiger partial charge is 0.343 e. The molecule has 0 radical (unpaired) electrons. The van der Waals surface area contributed by atoms with Gasteiger partial charge in [0.1, 0.15) is 0 Å². The van der Waals surface area contributed by atoms with Gasteiger partial charge in [-0.05, 0) is 32.6 Å². The molecule has 112 valence electrons. The van der Waals surface area contributed by atoms with E-state index < -0.39 is 0 Å². The van der Waals surface area contributed by atoms with Crippen LogP contribution in [0, 0.1) is 5.41 Å². The van der Waals surface area contributed by atoms with Gasteiger partial charge in [-0.25, -0.2) is 0 Å². The van der Waals surface area contributed by atoms with Crippen molar-refractivity contribution >= 4 is 11.8 Å². The Morgan fingerprint density at radius 3 is 1.79 bits per heavy atom. The summed E-state index contributed by atoms with van der Waals surface area (Å²) in [5.74, 6) is 0.174. The monoisotopic (exact) mass is 270 g/mol. The average Bonchev–Trinajstić information content (AvgIpc) is 2.22. The van der Waals surface area contributed by atoms with E-state index in [1.165, 1.54) is 0 Å². The van der Waals surface area contributed by atoms with Crippen LogP contribution in [0.4, 0.5) is 0 Å². The highest BCUT2D eigenvalue weighted by atomic mass is 16.2. The van der Waals surface area contributed by atoms with Crippen molar-refractivity contribution in [2.45, 2.75) is 60.4 Å². The zero-order valence-electron chi connectivity index (χ0n) is 13.8. The van der Waals surface area contributed by atoms with Gasteiger partial charge in [0.2, 0.25) is 11.8 Å². The Labute approximate surface area is 118 Å². The highest BCUT2D eigenvalue weighted by Gasteiger charge is 2.34. The summed E-state index contributed by atoms with van der Waals surface area (Å²) in [7, 11) is 1.83. The third kappa shape index (κ3) is 5.62. The first-order valence-corrected chi connectivity index (χ1v) is 6.93. The molecule has 0 aliphatic carbocycles. The van der Waals surface area contributed by atoms with Crippen LogP contribution in [-0.4, -0.2) is 47.3 Å². The normalized spacial score (nSPS) is 12.2. The van der Waals surface area contributed by atoms with Crippen LogP contribution >= 0.6 is 0 Å². The summed E-state index contributed by atoms with van der Waals surface area (Å²) in [6.45, 7) is 15.1. The van der Waals surface area contributed by atoms with Crippen LogP contribution in [0.15, 0.2) is 0 Å². The van der Waals surface area contributed by atoms with E-state index in [4.69, 9.17) is 0 Å². The number of nitrogens with zero attached hydrogens (tertiary/aromatic N) is 2. The molecule has 2 amide bonds. The van der Waals surface area contributed by atoms with Crippen molar-refractivity contribution in [2.75, 3.05) is 20.1 Å². The summed E-state index contributed by atoms with van der Waals surface area (Å²) in [5, 5.41) is 0. The molecule has 0 unspecified atom stereocenters. The quantitative estimate of drug-likeness (QED) is 0.744. The SMILES string of the molecule is CCN(CC(C)(C)CC(C)(C)N(C)C(C)=O)C(C)=O. The minimum Gasteiger partial charge on any atom is -0.343 e. The van der Waals surface area contributed by atoms with Gasteiger partial charge in [0, 0.05) is 39.5 Å². The highest BCUT2D eigenvalue weighted by molar-refractivity contribution is 5.74. The molecule has 0 aliphatic rings. The highest BCUT2D eigenvalue weighted by Crippen LogP contribution is 2.32. The molecule has 0 rings (SSSR count). The van der Waals surface area contributed by atoms with Gasteiger partial charge in [-0.3, -0.25) is 9.59 Å². The summed E-state index contributed by atoms with van der Waals surface area (Å²) >= 11 is 0. The maximum Gasteiger partial charge on any atom is 0.219 e. The lowest BCUT2D eigenvalue weighted by Crippen LogP contribution is -2.49. The first-order valence-electron chi connectivity index (χ1n) is 6.93. The lowest BCUT2D eigenvalue weighted by atomic mass is 9.78. The number of hydrogen-bond acceptors (Lipinski definition) is 2. The number of carbonyl (C=O) groups excluding carboxylic acids is 2. The smallest absolute Gasteiger partial charge is 0.219 e. The van der Waals surface area contributed by atoms with Gasteiger partial charge < -0.3 is 9.80 Å². The standard InChI is InChI=1S/C15H30N2O2/c1-9-17(13(3)19)11-14(4,5)10-15(6,7)16(8)12(2)18/h9-11H2,1-8H3. The third-order valence-corrected chi connectivity index (χ3v) is 3.74. The summed E-state index contributed by atoms with van der Waals surface area (Å²) in [5.41, 5.74) is -0.250. The van der Waals surface area contributed by atoms with E-state index in [0.717, 1.165) is 13.0 Å². The fraction of sp³-hybridized carbons (Fsp3) is 0.867. The summed E-state index contributed by atoms with van der Waals surface area (Å²) < 4.78 is 0. The van der Waals surface area contributed by atoms with E-state index in [2.05, 4.69) is 27.7 Å². The van der Waals surface area contributed by atoms with E-state index in [1.807, 2.05) is 18.9 Å². The van der Waals surface area contributed by atoms with Crippen molar-refractivity contribution in [3.8, 4) is 0 Å². The minimum absolute atomic E-state index is 0.0328. The van der Waals surface area contributed by atoms with E-state index in [0.29, 0.717) is 6.54 Å². The van der Waals surface area contributed by atoms with Crippen molar-refractivity contribution in [3.63, 3.8) is 0 Å². The molecule has 4 nitrogen and oxygen atoms in total. The predicted molar refractivity (Wildman–Crippen MR) is 78.8 cm³/mol. The molecule has 0 saturated carbocycles. The van der Waals surface area contributed by atoms with Crippen LogP contribution in [0.3, 0.4) is 0 Å². The summed E-state index contributed by atoms with van der Waals surface area (Å²) in [6.07, 6.45) is 0.847. The zero-order valence-corrected chi connectivity index (χ0v) is 13.8. The van der Waals surface area contributed by atoms with Crippen LogP contribution in [0.2, 0.25) is 0 Å². The first kappa shape index (κ1) is 17.9. The molecule has 0 spiro atoms. The van der Waals surface area contributed by atoms with Crippen molar-refractivity contribution in [1.29, 1.82) is 0 Å². The summed E-state index contributed by atoms with van der Waals surface area (Å²) in [4.78, 5) is 26.7. The maximum absolute atomic E-state index is 11.5. The maximum atomic E-state index is 11.5. The average molecular weight is 270 g/mol. The molecule has 0 fully saturated rings. The molecule has 0 aliphatic heterocycles. The van der Waals surface area contributed by atoms with Crippen molar-refractivity contribution in [2.24, 2.45) is 5.41 Å². The second kappa shape index (κ2) is 6.40. The van der Waals surface area contributed by atoms with Gasteiger partial charge in [0.25, 0.3) is 0 Å². The fourth-order valence-electron chi connectivity index (χ4n) is 2.73. The van der Waals surface area contributed by atoms with Crippen LogP contribution in [-0.2, 0) is 9.59 Å². The van der Waals surface area contributed by atoms with Crippen LogP contribution in [0.5, 0.6) is 0 Å². The molecular formula is C15H30N2O2. The molecular weight excluding hydrogens is 240 g/mol. The molecule has 4 heteroatoms. The molecule has 19 heavy (non-hydrogen) atoms. The second-order valence-electron chi connectivity index (χ2n) is 6.76. The van der Waals surface area contributed by atoms with Crippen molar-refractivity contribution in [1.82, 2.24) is 9.80 Å². The Morgan fingerprint density at radius 2 is 1.47 bits per heavy atom. The first-order chi connectivity index (χ1) is 8.43. The zero-order chi connectivity index (χ0) is 15.4. The number of hydrogen-bond donors (Lipinski definition) is 0. The number of amides is 2. The number of carbonyl (C=O) groups is 2. The molecule has 0 saturated heterocycles. The fourth-order valence-corrected chi connectivity index (χ4v) is 2.73. The van der Waals surface area contributed by atoms with Gasteiger partial charge in [-0.1, -0.05) is 13.8 Å². The predicted octanol–water partition coefficient (Wildman–Crippen LogP) is 2.53. The van der Waals surface area contributed by atoms with Crippen molar-refractivity contribution in [3.05, 3.63) is 0 Å². The Kier molecular flexibility index (Phi) is 6.04. The van der Waals surface area contributed by atoms with Gasteiger partial charge in [-0.2, -0.15) is 0 Å². The second-order valence-corrected chi connectivity index (χ2v) is 6.76. The molecule has 0 aromatic heterocycles. The van der Waals surface area contributed by atoms with Crippen LogP contribution < -0.4 is 0 Å². The van der Waals surface area contributed by atoms with E-state index in [1.54, 1.807) is 18.7 Å². The molecule has 0 heterocycles. The summed E-state index contributed by atoms with van der Waals surface area (Å²) in [6, 6.07) is 0. The lowest BCUT2D eigenvalue weighted by molar-refractivity contribution is -0.135. The van der Waals surface area contributed by atoms with E-state index in [9.17, 15) is 9.59 Å².